The van der Waals surface area contributed by atoms with Crippen LogP contribution < -0.4 is 5.32 Å². The zero-order chi connectivity index (χ0) is 14.0. The van der Waals surface area contributed by atoms with Crippen molar-refractivity contribution in [3.63, 3.8) is 0 Å². The summed E-state index contributed by atoms with van der Waals surface area (Å²) in [6.07, 6.45) is 0. The molecule has 1 heterocycles. The maximum atomic E-state index is 13.6. The number of anilines is 2. The van der Waals surface area contributed by atoms with Gasteiger partial charge in [-0.2, -0.15) is 5.26 Å². The molecule has 1 N–H and O–H groups in total. The Morgan fingerprint density at radius 2 is 2.05 bits per heavy atom. The molecule has 0 radical (unpaired) electrons. The molecule has 0 aliphatic heterocycles. The molecule has 2 rings (SSSR count). The normalized spacial score (nSPS) is 10.1. The van der Waals surface area contributed by atoms with Gasteiger partial charge < -0.3 is 5.32 Å². The van der Waals surface area contributed by atoms with Crippen molar-refractivity contribution in [2.45, 2.75) is 13.8 Å². The van der Waals surface area contributed by atoms with E-state index in [0.717, 1.165) is 11.3 Å². The second kappa shape index (κ2) is 5.37. The molecule has 0 fully saturated rings. The number of hydrogen-bond donors (Lipinski definition) is 1. The second-order valence-electron chi connectivity index (χ2n) is 4.17. The zero-order valence-corrected chi connectivity index (χ0v) is 12.0. The SMILES string of the molecule is Cc1ccc(C#N)c(Nc2cc(F)c(Br)cc2C)n1. The van der Waals surface area contributed by atoms with Crippen LogP contribution in [0.5, 0.6) is 0 Å². The molecule has 0 spiro atoms. The van der Waals surface area contributed by atoms with E-state index in [1.165, 1.54) is 6.07 Å². The van der Waals surface area contributed by atoms with Crippen molar-refractivity contribution in [3.05, 3.63) is 51.4 Å². The lowest BCUT2D eigenvalue weighted by atomic mass is 10.2. The van der Waals surface area contributed by atoms with Crippen molar-refractivity contribution in [3.8, 4) is 6.07 Å². The highest BCUT2D eigenvalue weighted by atomic mass is 79.9. The Kier molecular flexibility index (Phi) is 3.82. The Balaban J connectivity index is 2.45. The number of benzene rings is 1. The first kappa shape index (κ1) is 13.5. The third kappa shape index (κ3) is 2.91. The minimum absolute atomic E-state index is 0.362. The van der Waals surface area contributed by atoms with E-state index in [1.807, 2.05) is 13.8 Å². The number of rotatable bonds is 2. The molecule has 0 aliphatic rings. The molecular weight excluding hydrogens is 309 g/mol. The van der Waals surface area contributed by atoms with Gasteiger partial charge in [-0.05, 0) is 59.6 Å². The summed E-state index contributed by atoms with van der Waals surface area (Å²) in [7, 11) is 0. The summed E-state index contributed by atoms with van der Waals surface area (Å²) < 4.78 is 14.0. The first-order valence-electron chi connectivity index (χ1n) is 5.61. The summed E-state index contributed by atoms with van der Waals surface area (Å²) in [6.45, 7) is 3.69. The first-order valence-corrected chi connectivity index (χ1v) is 6.41. The number of aryl methyl sites for hydroxylation is 2. The van der Waals surface area contributed by atoms with Crippen molar-refractivity contribution in [2.75, 3.05) is 5.32 Å². The highest BCUT2D eigenvalue weighted by Crippen LogP contribution is 2.27. The highest BCUT2D eigenvalue weighted by Gasteiger charge is 2.09. The van der Waals surface area contributed by atoms with Crippen LogP contribution in [0.4, 0.5) is 15.9 Å². The predicted octanol–water partition coefficient (Wildman–Crippen LogP) is 4.22. The summed E-state index contributed by atoms with van der Waals surface area (Å²) >= 11 is 3.13. The van der Waals surface area contributed by atoms with Gasteiger partial charge in [-0.3, -0.25) is 0 Å². The Labute approximate surface area is 119 Å². The molecule has 19 heavy (non-hydrogen) atoms. The number of nitriles is 1. The summed E-state index contributed by atoms with van der Waals surface area (Å²) in [5.41, 5.74) is 2.67. The van der Waals surface area contributed by atoms with Gasteiger partial charge in [-0.25, -0.2) is 9.37 Å². The van der Waals surface area contributed by atoms with E-state index in [1.54, 1.807) is 18.2 Å². The van der Waals surface area contributed by atoms with Gasteiger partial charge in [0.2, 0.25) is 0 Å². The largest absolute Gasteiger partial charge is 0.339 e. The van der Waals surface area contributed by atoms with Crippen LogP contribution >= 0.6 is 15.9 Å². The van der Waals surface area contributed by atoms with Gasteiger partial charge in [-0.1, -0.05) is 0 Å². The van der Waals surface area contributed by atoms with Crippen molar-refractivity contribution >= 4 is 27.4 Å². The maximum absolute atomic E-state index is 13.6. The number of nitrogens with zero attached hydrogens (tertiary/aromatic N) is 2. The van der Waals surface area contributed by atoms with Crippen LogP contribution in [-0.4, -0.2) is 4.98 Å². The zero-order valence-electron chi connectivity index (χ0n) is 10.5. The summed E-state index contributed by atoms with van der Waals surface area (Å²) in [5.74, 6) is 0.0755. The van der Waals surface area contributed by atoms with Gasteiger partial charge in [-0.15, -0.1) is 0 Å². The quantitative estimate of drug-likeness (QED) is 0.901. The van der Waals surface area contributed by atoms with E-state index in [4.69, 9.17) is 5.26 Å². The molecule has 5 heteroatoms. The molecule has 0 amide bonds. The molecule has 0 saturated heterocycles. The molecular formula is C14H11BrFN3. The van der Waals surface area contributed by atoms with Crippen molar-refractivity contribution < 1.29 is 4.39 Å². The molecule has 1 aromatic carbocycles. The van der Waals surface area contributed by atoms with Crippen LogP contribution in [0, 0.1) is 31.0 Å². The number of nitrogens with one attached hydrogen (secondary N) is 1. The molecule has 0 unspecified atom stereocenters. The first-order chi connectivity index (χ1) is 9.01. The average Bonchev–Trinajstić information content (AvgIpc) is 2.36. The van der Waals surface area contributed by atoms with Gasteiger partial charge in [0.1, 0.15) is 17.7 Å². The van der Waals surface area contributed by atoms with E-state index >= 15 is 0 Å². The van der Waals surface area contributed by atoms with Gasteiger partial charge >= 0.3 is 0 Å². The van der Waals surface area contributed by atoms with Crippen molar-refractivity contribution in [1.82, 2.24) is 4.98 Å². The van der Waals surface area contributed by atoms with Gasteiger partial charge in [0.05, 0.1) is 10.0 Å². The van der Waals surface area contributed by atoms with Crippen molar-refractivity contribution in [1.29, 1.82) is 5.26 Å². The summed E-state index contributed by atoms with van der Waals surface area (Å²) in [4.78, 5) is 4.26. The number of aromatic nitrogens is 1. The van der Waals surface area contributed by atoms with Gasteiger partial charge in [0.25, 0.3) is 0 Å². The number of pyridine rings is 1. The Morgan fingerprint density at radius 3 is 2.74 bits per heavy atom. The van der Waals surface area contributed by atoms with Crippen LogP contribution in [-0.2, 0) is 0 Å². The van der Waals surface area contributed by atoms with E-state index < -0.39 is 0 Å². The van der Waals surface area contributed by atoms with Crippen LogP contribution in [0.3, 0.4) is 0 Å². The topological polar surface area (TPSA) is 48.7 Å². The molecule has 2 aromatic rings. The predicted molar refractivity (Wildman–Crippen MR) is 75.8 cm³/mol. The Bertz CT molecular complexity index is 677. The third-order valence-corrected chi connectivity index (χ3v) is 3.28. The fourth-order valence-corrected chi connectivity index (χ4v) is 2.11. The van der Waals surface area contributed by atoms with E-state index in [9.17, 15) is 4.39 Å². The van der Waals surface area contributed by atoms with Crippen LogP contribution in [0.2, 0.25) is 0 Å². The van der Waals surface area contributed by atoms with Crippen LogP contribution in [0.15, 0.2) is 28.7 Å². The minimum atomic E-state index is -0.362. The number of halogens is 2. The Hall–Kier alpha value is -1.93. The molecule has 96 valence electrons. The summed E-state index contributed by atoms with van der Waals surface area (Å²) in [5, 5.41) is 12.0. The fourth-order valence-electron chi connectivity index (χ4n) is 1.65. The van der Waals surface area contributed by atoms with E-state index in [2.05, 4.69) is 32.3 Å². The van der Waals surface area contributed by atoms with Crippen LogP contribution in [0.25, 0.3) is 0 Å². The standard InChI is InChI=1S/C14H11BrFN3/c1-8-5-11(15)12(16)6-13(8)19-14-10(7-17)4-3-9(2)18-14/h3-6H,1-2H3,(H,18,19). The number of hydrogen-bond acceptors (Lipinski definition) is 3. The van der Waals surface area contributed by atoms with Crippen molar-refractivity contribution in [2.24, 2.45) is 0 Å². The molecule has 0 saturated carbocycles. The molecule has 0 atom stereocenters. The third-order valence-electron chi connectivity index (χ3n) is 2.68. The maximum Gasteiger partial charge on any atom is 0.148 e. The lowest BCUT2D eigenvalue weighted by molar-refractivity contribution is 0.621. The smallest absolute Gasteiger partial charge is 0.148 e. The van der Waals surface area contributed by atoms with Gasteiger partial charge in [0, 0.05) is 11.4 Å². The molecule has 0 bridgehead atoms. The molecule has 1 aromatic heterocycles. The molecule has 0 aliphatic carbocycles. The fraction of sp³-hybridized carbons (Fsp3) is 0.143. The van der Waals surface area contributed by atoms with E-state index in [-0.39, 0.29) is 5.82 Å². The highest BCUT2D eigenvalue weighted by molar-refractivity contribution is 9.10. The lowest BCUT2D eigenvalue weighted by Gasteiger charge is -2.11. The summed E-state index contributed by atoms with van der Waals surface area (Å²) in [6, 6.07) is 8.57. The van der Waals surface area contributed by atoms with Gasteiger partial charge in [0.15, 0.2) is 0 Å². The average molecular weight is 320 g/mol. The monoisotopic (exact) mass is 319 g/mol. The van der Waals surface area contributed by atoms with Crippen LogP contribution in [0.1, 0.15) is 16.8 Å². The van der Waals surface area contributed by atoms with E-state index in [0.29, 0.717) is 21.5 Å². The Morgan fingerprint density at radius 1 is 1.32 bits per heavy atom. The lowest BCUT2D eigenvalue weighted by Crippen LogP contribution is -2.00. The minimum Gasteiger partial charge on any atom is -0.339 e. The molecule has 3 nitrogen and oxygen atoms in total. The second-order valence-corrected chi connectivity index (χ2v) is 5.02.